The molecular weight excluding hydrogens is 442 g/mol. The monoisotopic (exact) mass is 467 g/mol. The van der Waals surface area contributed by atoms with Crippen LogP contribution in [0, 0.1) is 0 Å². The summed E-state index contributed by atoms with van der Waals surface area (Å²) in [6.07, 6.45) is 0.518. The minimum Gasteiger partial charge on any atom is -0.494 e. The number of hydrogen-bond donors (Lipinski definition) is 3. The van der Waals surface area contributed by atoms with Crippen molar-refractivity contribution in [3.05, 3.63) is 58.9 Å². The first-order chi connectivity index (χ1) is 15.9. The van der Waals surface area contributed by atoms with Crippen molar-refractivity contribution >= 4 is 35.0 Å². The normalized spacial score (nSPS) is 11.5. The SMILES string of the molecule is CCOc1ccc(NC(=O)[C@@H](CC)Sc2nnc(-c3ccccc3NC(C)=O)c(=O)[nH]2)cc1. The van der Waals surface area contributed by atoms with Crippen LogP contribution < -0.4 is 20.9 Å². The Morgan fingerprint density at radius 3 is 2.42 bits per heavy atom. The van der Waals surface area contributed by atoms with E-state index in [2.05, 4.69) is 25.8 Å². The fourth-order valence-corrected chi connectivity index (χ4v) is 3.86. The van der Waals surface area contributed by atoms with Gasteiger partial charge in [-0.3, -0.25) is 19.4 Å². The highest BCUT2D eigenvalue weighted by Crippen LogP contribution is 2.26. The first-order valence-corrected chi connectivity index (χ1v) is 11.3. The van der Waals surface area contributed by atoms with Crippen molar-refractivity contribution in [1.82, 2.24) is 15.2 Å². The molecule has 0 aliphatic rings. The minimum atomic E-state index is -0.487. The molecule has 2 amide bonds. The number of benzene rings is 2. The largest absolute Gasteiger partial charge is 0.494 e. The summed E-state index contributed by atoms with van der Waals surface area (Å²) >= 11 is 1.12. The third-order valence-corrected chi connectivity index (χ3v) is 5.76. The molecule has 2 aromatic carbocycles. The Morgan fingerprint density at radius 2 is 1.79 bits per heavy atom. The van der Waals surface area contributed by atoms with Gasteiger partial charge in [-0.2, -0.15) is 0 Å². The molecule has 1 heterocycles. The fraction of sp³-hybridized carbons (Fsp3) is 0.261. The highest BCUT2D eigenvalue weighted by atomic mass is 32.2. The van der Waals surface area contributed by atoms with E-state index in [4.69, 9.17) is 4.74 Å². The number of carbonyl (C=O) groups is 2. The van der Waals surface area contributed by atoms with E-state index in [9.17, 15) is 14.4 Å². The van der Waals surface area contributed by atoms with E-state index >= 15 is 0 Å². The number of aromatic amines is 1. The second kappa shape index (κ2) is 11.3. The third kappa shape index (κ3) is 6.42. The summed E-state index contributed by atoms with van der Waals surface area (Å²) in [4.78, 5) is 39.6. The van der Waals surface area contributed by atoms with Gasteiger partial charge in [0.05, 0.1) is 17.5 Å². The smallest absolute Gasteiger partial charge is 0.278 e. The number of ether oxygens (including phenoxy) is 1. The van der Waals surface area contributed by atoms with Gasteiger partial charge in [-0.05, 0) is 43.7 Å². The molecule has 0 aliphatic heterocycles. The van der Waals surface area contributed by atoms with Gasteiger partial charge in [0.15, 0.2) is 10.9 Å². The molecule has 3 aromatic rings. The maximum Gasteiger partial charge on any atom is 0.278 e. The maximum atomic E-state index is 12.7. The number of nitrogens with zero attached hydrogens (tertiary/aromatic N) is 2. The summed E-state index contributed by atoms with van der Waals surface area (Å²) in [6, 6.07) is 13.9. The number of aromatic nitrogens is 3. The number of rotatable bonds is 9. The average molecular weight is 468 g/mol. The molecule has 0 spiro atoms. The predicted octanol–water partition coefficient (Wildman–Crippen LogP) is 3.70. The second-order valence-corrected chi connectivity index (χ2v) is 8.19. The van der Waals surface area contributed by atoms with Gasteiger partial charge in [0.1, 0.15) is 5.75 Å². The van der Waals surface area contributed by atoms with E-state index in [1.54, 1.807) is 48.5 Å². The van der Waals surface area contributed by atoms with Crippen LogP contribution in [0.2, 0.25) is 0 Å². The van der Waals surface area contributed by atoms with Gasteiger partial charge in [-0.25, -0.2) is 0 Å². The lowest BCUT2D eigenvalue weighted by atomic mass is 10.1. The Kier molecular flexibility index (Phi) is 8.20. The lowest BCUT2D eigenvalue weighted by Gasteiger charge is -2.14. The third-order valence-electron chi connectivity index (χ3n) is 4.52. The van der Waals surface area contributed by atoms with Crippen LogP contribution in [0.3, 0.4) is 0 Å². The molecule has 3 rings (SSSR count). The Hall–Kier alpha value is -3.66. The van der Waals surface area contributed by atoms with Crippen molar-refractivity contribution in [2.45, 2.75) is 37.6 Å². The lowest BCUT2D eigenvalue weighted by molar-refractivity contribution is -0.116. The summed E-state index contributed by atoms with van der Waals surface area (Å²) in [5.41, 5.74) is 1.18. The van der Waals surface area contributed by atoms with Crippen molar-refractivity contribution in [2.75, 3.05) is 17.2 Å². The van der Waals surface area contributed by atoms with Gasteiger partial charge in [0, 0.05) is 18.2 Å². The molecule has 0 unspecified atom stereocenters. The Bertz CT molecular complexity index is 1180. The predicted molar refractivity (Wildman–Crippen MR) is 129 cm³/mol. The molecule has 1 aromatic heterocycles. The summed E-state index contributed by atoms with van der Waals surface area (Å²) in [5, 5.41) is 13.4. The van der Waals surface area contributed by atoms with Crippen LogP contribution in [0.25, 0.3) is 11.3 Å². The molecule has 0 saturated carbocycles. The zero-order chi connectivity index (χ0) is 23.8. The van der Waals surface area contributed by atoms with Crippen molar-refractivity contribution in [2.24, 2.45) is 0 Å². The molecule has 0 fully saturated rings. The van der Waals surface area contributed by atoms with E-state index < -0.39 is 10.8 Å². The van der Waals surface area contributed by atoms with Crippen LogP contribution in [0.1, 0.15) is 27.2 Å². The van der Waals surface area contributed by atoms with Gasteiger partial charge < -0.3 is 15.4 Å². The quantitative estimate of drug-likeness (QED) is 0.410. The lowest BCUT2D eigenvalue weighted by Crippen LogP contribution is -2.25. The van der Waals surface area contributed by atoms with Gasteiger partial charge >= 0.3 is 0 Å². The molecule has 10 heteroatoms. The summed E-state index contributed by atoms with van der Waals surface area (Å²) < 4.78 is 5.41. The van der Waals surface area contributed by atoms with Gasteiger partial charge in [0.25, 0.3) is 5.56 Å². The van der Waals surface area contributed by atoms with E-state index in [-0.39, 0.29) is 22.7 Å². The van der Waals surface area contributed by atoms with Crippen LogP contribution in [0.15, 0.2) is 58.5 Å². The zero-order valence-corrected chi connectivity index (χ0v) is 19.4. The molecule has 0 radical (unpaired) electrons. The number of hydrogen-bond acceptors (Lipinski definition) is 7. The summed E-state index contributed by atoms with van der Waals surface area (Å²) in [5.74, 6) is 0.252. The Balaban J connectivity index is 1.73. The van der Waals surface area contributed by atoms with Gasteiger partial charge in [0.2, 0.25) is 11.8 Å². The molecule has 3 N–H and O–H groups in total. The molecular formula is C23H25N5O4S. The van der Waals surface area contributed by atoms with Crippen LogP contribution in [0.5, 0.6) is 5.75 Å². The average Bonchev–Trinajstić information content (AvgIpc) is 2.79. The molecule has 1 atom stereocenters. The second-order valence-electron chi connectivity index (χ2n) is 7.00. The van der Waals surface area contributed by atoms with Gasteiger partial charge in [-0.1, -0.05) is 36.9 Å². The molecule has 0 bridgehead atoms. The standard InChI is InChI=1S/C23H25N5O4S/c1-4-19(21(30)25-15-10-12-16(13-11-15)32-5-2)33-23-26-22(31)20(27-28-23)17-8-6-7-9-18(17)24-14(3)29/h6-13,19H,4-5H2,1-3H3,(H,24,29)(H,25,30)(H,26,28,31)/t19-/m1/s1. The zero-order valence-electron chi connectivity index (χ0n) is 18.5. The molecule has 33 heavy (non-hydrogen) atoms. The van der Waals surface area contributed by atoms with Crippen LogP contribution in [0.4, 0.5) is 11.4 Å². The Labute approximate surface area is 195 Å². The van der Waals surface area contributed by atoms with E-state index in [1.165, 1.54) is 6.92 Å². The highest BCUT2D eigenvalue weighted by molar-refractivity contribution is 8.00. The summed E-state index contributed by atoms with van der Waals surface area (Å²) in [7, 11) is 0. The van der Waals surface area contributed by atoms with Crippen molar-refractivity contribution in [3.8, 4) is 17.0 Å². The van der Waals surface area contributed by atoms with Gasteiger partial charge in [-0.15, -0.1) is 10.2 Å². The van der Waals surface area contributed by atoms with Crippen molar-refractivity contribution < 1.29 is 14.3 Å². The fourth-order valence-electron chi connectivity index (χ4n) is 3.02. The van der Waals surface area contributed by atoms with Crippen molar-refractivity contribution in [1.29, 1.82) is 0 Å². The number of nitrogens with one attached hydrogen (secondary N) is 3. The number of anilines is 2. The first-order valence-electron chi connectivity index (χ1n) is 10.5. The number of carbonyl (C=O) groups excluding carboxylic acids is 2. The molecule has 9 nitrogen and oxygen atoms in total. The Morgan fingerprint density at radius 1 is 1.06 bits per heavy atom. The van der Waals surface area contributed by atoms with Crippen molar-refractivity contribution in [3.63, 3.8) is 0 Å². The first kappa shape index (κ1) is 24.0. The van der Waals surface area contributed by atoms with E-state index in [1.807, 2.05) is 13.8 Å². The molecule has 0 aliphatic carbocycles. The van der Waals surface area contributed by atoms with Crippen LogP contribution in [-0.4, -0.2) is 38.9 Å². The highest BCUT2D eigenvalue weighted by Gasteiger charge is 2.21. The van der Waals surface area contributed by atoms with Crippen LogP contribution >= 0.6 is 11.8 Å². The number of H-pyrrole nitrogens is 1. The van der Waals surface area contributed by atoms with E-state index in [0.29, 0.717) is 30.0 Å². The molecule has 172 valence electrons. The number of thioether (sulfide) groups is 1. The number of amides is 2. The molecule has 0 saturated heterocycles. The van der Waals surface area contributed by atoms with E-state index in [0.717, 1.165) is 17.5 Å². The summed E-state index contributed by atoms with van der Waals surface area (Å²) in [6.45, 7) is 5.73. The maximum absolute atomic E-state index is 12.7. The van der Waals surface area contributed by atoms with Crippen LogP contribution in [-0.2, 0) is 9.59 Å². The topological polar surface area (TPSA) is 126 Å². The number of para-hydroxylation sites is 1. The minimum absolute atomic E-state index is 0.0792.